The molecular formula is C13H12ClN3O4. The quantitative estimate of drug-likeness (QED) is 0.661. The highest BCUT2D eigenvalue weighted by Crippen LogP contribution is 2.29. The topological polar surface area (TPSA) is 93.3 Å². The van der Waals surface area contributed by atoms with Gasteiger partial charge in [0.05, 0.1) is 36.9 Å². The second kappa shape index (κ2) is 6.27. The summed E-state index contributed by atoms with van der Waals surface area (Å²) in [5.74, 6) is -1.40. The van der Waals surface area contributed by atoms with Gasteiger partial charge in [0.2, 0.25) is 0 Å². The molecule has 1 aromatic carbocycles. The summed E-state index contributed by atoms with van der Waals surface area (Å²) in [6.45, 7) is 0. The second-order valence-electron chi connectivity index (χ2n) is 3.94. The van der Waals surface area contributed by atoms with Crippen molar-refractivity contribution in [1.29, 1.82) is 0 Å². The zero-order chi connectivity index (χ0) is 15.4. The third-order valence-electron chi connectivity index (χ3n) is 2.67. The number of esters is 2. The van der Waals surface area contributed by atoms with Crippen LogP contribution in [-0.4, -0.2) is 36.4 Å². The van der Waals surface area contributed by atoms with Crippen molar-refractivity contribution in [2.24, 2.45) is 0 Å². The molecule has 0 bridgehead atoms. The predicted molar refractivity (Wildman–Crippen MR) is 76.8 cm³/mol. The van der Waals surface area contributed by atoms with Crippen LogP contribution in [0.3, 0.4) is 0 Å². The molecule has 0 aliphatic carbocycles. The first-order valence-electron chi connectivity index (χ1n) is 5.84. The fourth-order valence-electron chi connectivity index (χ4n) is 1.71. The number of hydrogen-bond donors (Lipinski definition) is 2. The maximum atomic E-state index is 11.7. The fourth-order valence-corrected chi connectivity index (χ4v) is 1.95. The van der Waals surface area contributed by atoms with Crippen LogP contribution in [0.4, 0.5) is 5.69 Å². The summed E-state index contributed by atoms with van der Waals surface area (Å²) >= 11 is 6.02. The van der Waals surface area contributed by atoms with Crippen LogP contribution in [0.5, 0.6) is 0 Å². The summed E-state index contributed by atoms with van der Waals surface area (Å²) in [6, 6.07) is 5.18. The highest BCUT2D eigenvalue weighted by Gasteiger charge is 2.15. The Morgan fingerprint density at radius 2 is 2.10 bits per heavy atom. The van der Waals surface area contributed by atoms with Gasteiger partial charge in [-0.15, -0.1) is 0 Å². The van der Waals surface area contributed by atoms with Crippen LogP contribution in [0.1, 0.15) is 0 Å². The van der Waals surface area contributed by atoms with Crippen LogP contribution < -0.4 is 5.32 Å². The van der Waals surface area contributed by atoms with E-state index in [2.05, 4.69) is 25.0 Å². The number of fused-ring (bicyclic) bond motifs is 1. The van der Waals surface area contributed by atoms with Crippen molar-refractivity contribution in [2.75, 3.05) is 19.5 Å². The minimum Gasteiger partial charge on any atom is -0.466 e. The number of ether oxygens (including phenoxy) is 2. The molecule has 1 aromatic heterocycles. The van der Waals surface area contributed by atoms with Gasteiger partial charge in [0.1, 0.15) is 10.9 Å². The molecular weight excluding hydrogens is 298 g/mol. The van der Waals surface area contributed by atoms with Gasteiger partial charge in [0.25, 0.3) is 0 Å². The van der Waals surface area contributed by atoms with Gasteiger partial charge in [-0.25, -0.2) is 9.59 Å². The summed E-state index contributed by atoms with van der Waals surface area (Å²) < 4.78 is 9.12. The van der Waals surface area contributed by atoms with Crippen molar-refractivity contribution in [3.63, 3.8) is 0 Å². The number of anilines is 1. The lowest BCUT2D eigenvalue weighted by Crippen LogP contribution is -2.15. The minimum absolute atomic E-state index is 0.0749. The van der Waals surface area contributed by atoms with Gasteiger partial charge < -0.3 is 14.8 Å². The Labute approximate surface area is 124 Å². The molecule has 0 spiro atoms. The number of aromatic amines is 1. The summed E-state index contributed by atoms with van der Waals surface area (Å²) in [7, 11) is 2.42. The van der Waals surface area contributed by atoms with Gasteiger partial charge in [-0.3, -0.25) is 5.10 Å². The molecule has 0 saturated carbocycles. The number of nitrogens with zero attached hydrogens (tertiary/aromatic N) is 1. The molecule has 7 nitrogen and oxygen atoms in total. The zero-order valence-electron chi connectivity index (χ0n) is 11.3. The van der Waals surface area contributed by atoms with Crippen molar-refractivity contribution in [3.05, 3.63) is 35.1 Å². The first kappa shape index (κ1) is 14.9. The largest absolute Gasteiger partial charge is 0.466 e. The Hall–Kier alpha value is -2.54. The van der Waals surface area contributed by atoms with Crippen LogP contribution in [0.2, 0.25) is 5.15 Å². The summed E-state index contributed by atoms with van der Waals surface area (Å²) in [5, 5.41) is 10.4. The Morgan fingerprint density at radius 1 is 1.33 bits per heavy atom. The summed E-state index contributed by atoms with van der Waals surface area (Å²) in [5.41, 5.74) is 1.05. The number of nitrogens with one attached hydrogen (secondary N) is 2. The van der Waals surface area contributed by atoms with Gasteiger partial charge in [-0.1, -0.05) is 17.7 Å². The molecule has 0 aliphatic heterocycles. The molecule has 0 unspecified atom stereocenters. The fraction of sp³-hybridized carbons (Fsp3) is 0.154. The number of benzene rings is 1. The Balaban J connectivity index is 2.44. The summed E-state index contributed by atoms with van der Waals surface area (Å²) in [4.78, 5) is 23.0. The van der Waals surface area contributed by atoms with Gasteiger partial charge in [-0.05, 0) is 12.1 Å². The van der Waals surface area contributed by atoms with Crippen molar-refractivity contribution in [2.45, 2.75) is 0 Å². The molecule has 1 heterocycles. The van der Waals surface area contributed by atoms with Crippen LogP contribution in [0, 0.1) is 0 Å². The number of hydrogen-bond acceptors (Lipinski definition) is 6. The highest BCUT2D eigenvalue weighted by molar-refractivity contribution is 6.35. The van der Waals surface area contributed by atoms with Crippen molar-refractivity contribution < 1.29 is 19.1 Å². The van der Waals surface area contributed by atoms with Crippen LogP contribution >= 0.6 is 11.6 Å². The Bertz CT molecular complexity index is 723. The molecule has 0 saturated heterocycles. The number of rotatable bonds is 4. The van der Waals surface area contributed by atoms with Crippen LogP contribution in [-0.2, 0) is 19.1 Å². The maximum Gasteiger partial charge on any atom is 0.354 e. The van der Waals surface area contributed by atoms with E-state index in [1.165, 1.54) is 14.2 Å². The summed E-state index contributed by atoms with van der Waals surface area (Å²) in [6.07, 6.45) is 0.999. The minimum atomic E-state index is -0.711. The molecule has 21 heavy (non-hydrogen) atoms. The highest BCUT2D eigenvalue weighted by atomic mass is 35.5. The first-order valence-corrected chi connectivity index (χ1v) is 6.22. The number of halogens is 1. The van der Waals surface area contributed by atoms with E-state index in [4.69, 9.17) is 11.6 Å². The van der Waals surface area contributed by atoms with Crippen molar-refractivity contribution in [1.82, 2.24) is 10.2 Å². The normalized spacial score (nSPS) is 11.3. The average molecular weight is 310 g/mol. The number of H-pyrrole nitrogens is 1. The lowest BCUT2D eigenvalue weighted by Gasteiger charge is -2.10. The standard InChI is InChI=1S/C13H12ClN3O4/c1-20-10(18)6-9(13(19)21-2)15-7-4-3-5-8-11(7)12(14)17-16-8/h3-6,15H,1-2H3,(H,16,17)/b9-6+. The molecule has 110 valence electrons. The second-order valence-corrected chi connectivity index (χ2v) is 4.31. The lowest BCUT2D eigenvalue weighted by atomic mass is 10.2. The monoisotopic (exact) mass is 309 g/mol. The molecule has 0 atom stereocenters. The molecule has 0 amide bonds. The first-order chi connectivity index (χ1) is 10.1. The molecule has 0 fully saturated rings. The van der Waals surface area contributed by atoms with E-state index in [0.29, 0.717) is 21.7 Å². The third-order valence-corrected chi connectivity index (χ3v) is 2.95. The van der Waals surface area contributed by atoms with Gasteiger partial charge >= 0.3 is 11.9 Å². The van der Waals surface area contributed by atoms with E-state index < -0.39 is 11.9 Å². The van der Waals surface area contributed by atoms with Gasteiger partial charge in [-0.2, -0.15) is 5.10 Å². The van der Waals surface area contributed by atoms with Gasteiger partial charge in [0.15, 0.2) is 0 Å². The smallest absolute Gasteiger partial charge is 0.354 e. The van der Waals surface area contributed by atoms with E-state index in [9.17, 15) is 9.59 Å². The molecule has 0 aliphatic rings. The molecule has 0 radical (unpaired) electrons. The molecule has 8 heteroatoms. The van der Waals surface area contributed by atoms with E-state index in [0.717, 1.165) is 6.08 Å². The Kier molecular flexibility index (Phi) is 4.44. The van der Waals surface area contributed by atoms with E-state index in [1.807, 2.05) is 0 Å². The molecule has 2 aromatic rings. The SMILES string of the molecule is COC(=O)/C=C(/Nc1cccc2n[nH]c(Cl)c12)C(=O)OC. The van der Waals surface area contributed by atoms with Gasteiger partial charge in [0, 0.05) is 0 Å². The Morgan fingerprint density at radius 3 is 2.76 bits per heavy atom. The van der Waals surface area contributed by atoms with E-state index in [-0.39, 0.29) is 5.70 Å². The molecule has 2 rings (SSSR count). The van der Waals surface area contributed by atoms with Crippen molar-refractivity contribution >= 4 is 40.1 Å². The lowest BCUT2D eigenvalue weighted by molar-refractivity contribution is -0.138. The number of aromatic nitrogens is 2. The number of carbonyl (C=O) groups excluding carboxylic acids is 2. The zero-order valence-corrected chi connectivity index (χ0v) is 12.0. The van der Waals surface area contributed by atoms with Crippen LogP contribution in [0.25, 0.3) is 10.9 Å². The number of methoxy groups -OCH3 is 2. The predicted octanol–water partition coefficient (Wildman–Crippen LogP) is 1.86. The third kappa shape index (κ3) is 3.14. The van der Waals surface area contributed by atoms with E-state index >= 15 is 0 Å². The van der Waals surface area contributed by atoms with E-state index in [1.54, 1.807) is 18.2 Å². The maximum absolute atomic E-state index is 11.7. The number of carbonyl (C=O) groups is 2. The van der Waals surface area contributed by atoms with Crippen LogP contribution in [0.15, 0.2) is 30.0 Å². The molecule has 2 N–H and O–H groups in total. The average Bonchev–Trinajstić information content (AvgIpc) is 2.88. The van der Waals surface area contributed by atoms with Crippen molar-refractivity contribution in [3.8, 4) is 0 Å².